The number of carbonyl (C=O) groups is 2. The van der Waals surface area contributed by atoms with Crippen molar-refractivity contribution in [3.05, 3.63) is 89.5 Å². The number of rotatable bonds is 12. The number of nitrogens with one attached hydrogen (secondary N) is 1. The highest BCUT2D eigenvalue weighted by Gasteiger charge is 2.32. The minimum Gasteiger partial charge on any atom is -0.497 e. The van der Waals surface area contributed by atoms with Crippen LogP contribution in [-0.4, -0.2) is 50.9 Å². The van der Waals surface area contributed by atoms with Crippen LogP contribution in [0.2, 0.25) is 0 Å². The van der Waals surface area contributed by atoms with Gasteiger partial charge < -0.3 is 15.0 Å². The van der Waals surface area contributed by atoms with Gasteiger partial charge in [-0.1, -0.05) is 48.9 Å². The zero-order valence-corrected chi connectivity index (χ0v) is 24.9. The zero-order chi connectivity index (χ0) is 29.4. The maximum atomic E-state index is 14.0. The quantitative estimate of drug-likeness (QED) is 0.339. The van der Waals surface area contributed by atoms with E-state index in [1.807, 2.05) is 45.9 Å². The molecular formula is C31H39N3O5S. The second-order valence-corrected chi connectivity index (χ2v) is 11.9. The van der Waals surface area contributed by atoms with E-state index in [0.29, 0.717) is 11.4 Å². The highest BCUT2D eigenvalue weighted by molar-refractivity contribution is 7.92. The van der Waals surface area contributed by atoms with Crippen LogP contribution < -0.4 is 14.4 Å². The van der Waals surface area contributed by atoms with Crippen molar-refractivity contribution in [3.63, 3.8) is 0 Å². The minimum absolute atomic E-state index is 0.0707. The van der Waals surface area contributed by atoms with Crippen molar-refractivity contribution in [2.24, 2.45) is 0 Å². The molecule has 9 heteroatoms. The molecular weight excluding hydrogens is 526 g/mol. The number of hydrogen-bond acceptors (Lipinski definition) is 5. The standard InChI is InChI=1S/C31H39N3O5S/c1-7-24(4)32-31(36)25(5)33(20-26-13-15-28(39-6)16-14-26)30(35)21-34(27-10-8-9-23(3)19-27)40(37,38)29-17-11-22(2)12-18-29/h8-19,24-25H,7,20-21H2,1-6H3,(H,32,36)/t24-,25-/m0/s1. The van der Waals surface area contributed by atoms with Crippen LogP contribution in [0, 0.1) is 13.8 Å². The Morgan fingerprint density at radius 1 is 0.925 bits per heavy atom. The molecule has 214 valence electrons. The van der Waals surface area contributed by atoms with E-state index >= 15 is 0 Å². The molecule has 3 aromatic rings. The molecule has 0 aromatic heterocycles. The molecule has 40 heavy (non-hydrogen) atoms. The Morgan fingerprint density at radius 2 is 1.57 bits per heavy atom. The summed E-state index contributed by atoms with van der Waals surface area (Å²) in [5.74, 6) is -0.140. The van der Waals surface area contributed by atoms with Gasteiger partial charge in [0.1, 0.15) is 18.3 Å². The normalized spacial score (nSPS) is 12.8. The van der Waals surface area contributed by atoms with Gasteiger partial charge in [-0.15, -0.1) is 0 Å². The molecule has 0 unspecified atom stereocenters. The van der Waals surface area contributed by atoms with Crippen LogP contribution >= 0.6 is 0 Å². The van der Waals surface area contributed by atoms with Gasteiger partial charge in [-0.3, -0.25) is 13.9 Å². The van der Waals surface area contributed by atoms with E-state index in [0.717, 1.165) is 27.4 Å². The van der Waals surface area contributed by atoms with Crippen LogP contribution in [0.4, 0.5) is 5.69 Å². The monoisotopic (exact) mass is 565 g/mol. The molecule has 8 nitrogen and oxygen atoms in total. The second kappa shape index (κ2) is 13.5. The molecule has 3 aromatic carbocycles. The fraction of sp³-hybridized carbons (Fsp3) is 0.355. The first kappa shape index (κ1) is 30.7. The molecule has 0 aliphatic heterocycles. The van der Waals surface area contributed by atoms with Gasteiger partial charge >= 0.3 is 0 Å². The number of benzene rings is 3. The number of hydrogen-bond donors (Lipinski definition) is 1. The third kappa shape index (κ3) is 7.63. The van der Waals surface area contributed by atoms with Crippen LogP contribution in [0.5, 0.6) is 5.75 Å². The van der Waals surface area contributed by atoms with Crippen molar-refractivity contribution in [1.82, 2.24) is 10.2 Å². The zero-order valence-electron chi connectivity index (χ0n) is 24.0. The van der Waals surface area contributed by atoms with Crippen molar-refractivity contribution < 1.29 is 22.7 Å². The number of ether oxygens (including phenoxy) is 1. The van der Waals surface area contributed by atoms with E-state index in [-0.39, 0.29) is 23.4 Å². The van der Waals surface area contributed by atoms with E-state index in [1.165, 1.54) is 17.0 Å². The molecule has 0 radical (unpaired) electrons. The Bertz CT molecular complexity index is 1410. The van der Waals surface area contributed by atoms with Gasteiger partial charge in [0.05, 0.1) is 17.7 Å². The van der Waals surface area contributed by atoms with Crippen molar-refractivity contribution in [3.8, 4) is 5.75 Å². The van der Waals surface area contributed by atoms with Crippen molar-refractivity contribution >= 4 is 27.5 Å². The van der Waals surface area contributed by atoms with E-state index in [9.17, 15) is 18.0 Å². The summed E-state index contributed by atoms with van der Waals surface area (Å²) in [4.78, 5) is 28.6. The summed E-state index contributed by atoms with van der Waals surface area (Å²) < 4.78 is 34.1. The topological polar surface area (TPSA) is 96.0 Å². The number of sulfonamides is 1. The summed E-state index contributed by atoms with van der Waals surface area (Å²) in [6.07, 6.45) is 0.737. The average Bonchev–Trinajstić information content (AvgIpc) is 2.94. The fourth-order valence-electron chi connectivity index (χ4n) is 4.13. The first-order chi connectivity index (χ1) is 19.0. The van der Waals surface area contributed by atoms with Crippen LogP contribution in [-0.2, 0) is 26.2 Å². The van der Waals surface area contributed by atoms with Gasteiger partial charge in [-0.25, -0.2) is 8.42 Å². The molecule has 0 spiro atoms. The number of methoxy groups -OCH3 is 1. The fourth-order valence-corrected chi connectivity index (χ4v) is 5.53. The van der Waals surface area contributed by atoms with Gasteiger partial charge in [0.25, 0.3) is 10.0 Å². The molecule has 0 fully saturated rings. The summed E-state index contributed by atoms with van der Waals surface area (Å²) in [5.41, 5.74) is 2.92. The predicted octanol–water partition coefficient (Wildman–Crippen LogP) is 4.84. The maximum absolute atomic E-state index is 14.0. The van der Waals surface area contributed by atoms with Crippen molar-refractivity contribution in [2.45, 2.75) is 64.6 Å². The van der Waals surface area contributed by atoms with Crippen molar-refractivity contribution in [1.29, 1.82) is 0 Å². The Labute approximate surface area is 238 Å². The molecule has 2 atom stereocenters. The third-order valence-electron chi connectivity index (χ3n) is 6.86. The van der Waals surface area contributed by atoms with E-state index in [4.69, 9.17) is 4.74 Å². The average molecular weight is 566 g/mol. The molecule has 1 N–H and O–H groups in total. The summed E-state index contributed by atoms with van der Waals surface area (Å²) in [6, 6.07) is 19.8. The summed E-state index contributed by atoms with van der Waals surface area (Å²) in [6.45, 7) is 8.89. The third-order valence-corrected chi connectivity index (χ3v) is 8.65. The molecule has 0 saturated carbocycles. The number of anilines is 1. The summed E-state index contributed by atoms with van der Waals surface area (Å²) >= 11 is 0. The highest BCUT2D eigenvalue weighted by atomic mass is 32.2. The smallest absolute Gasteiger partial charge is 0.264 e. The van der Waals surface area contributed by atoms with Crippen LogP contribution in [0.1, 0.15) is 43.9 Å². The minimum atomic E-state index is -4.10. The Morgan fingerprint density at radius 3 is 2.15 bits per heavy atom. The molecule has 2 amide bonds. The van der Waals surface area contributed by atoms with Gasteiger partial charge in [-0.2, -0.15) is 0 Å². The van der Waals surface area contributed by atoms with E-state index in [1.54, 1.807) is 56.5 Å². The number of aryl methyl sites for hydroxylation is 2. The maximum Gasteiger partial charge on any atom is 0.264 e. The van der Waals surface area contributed by atoms with Gasteiger partial charge in [0.2, 0.25) is 11.8 Å². The Kier molecular flexibility index (Phi) is 10.3. The largest absolute Gasteiger partial charge is 0.497 e. The number of amides is 2. The number of carbonyl (C=O) groups excluding carboxylic acids is 2. The number of nitrogens with zero attached hydrogens (tertiary/aromatic N) is 2. The Hall–Kier alpha value is -3.85. The lowest BCUT2D eigenvalue weighted by atomic mass is 10.1. The lowest BCUT2D eigenvalue weighted by Gasteiger charge is -2.32. The van der Waals surface area contributed by atoms with Crippen LogP contribution in [0.3, 0.4) is 0 Å². The first-order valence-electron chi connectivity index (χ1n) is 13.3. The lowest BCUT2D eigenvalue weighted by molar-refractivity contribution is -0.139. The highest BCUT2D eigenvalue weighted by Crippen LogP contribution is 2.26. The SMILES string of the molecule is CC[C@H](C)NC(=O)[C@H](C)N(Cc1ccc(OC)cc1)C(=O)CN(c1cccc(C)c1)S(=O)(=O)c1ccc(C)cc1. The molecule has 0 bridgehead atoms. The molecule has 0 aliphatic carbocycles. The van der Waals surface area contributed by atoms with Crippen LogP contribution in [0.15, 0.2) is 77.7 Å². The van der Waals surface area contributed by atoms with Crippen LogP contribution in [0.25, 0.3) is 0 Å². The first-order valence-corrected chi connectivity index (χ1v) is 14.8. The summed E-state index contributed by atoms with van der Waals surface area (Å²) in [5, 5.41) is 2.94. The van der Waals surface area contributed by atoms with E-state index < -0.39 is 28.5 Å². The summed E-state index contributed by atoms with van der Waals surface area (Å²) in [7, 11) is -2.53. The molecule has 0 heterocycles. The molecule has 0 aliphatic rings. The predicted molar refractivity (Wildman–Crippen MR) is 158 cm³/mol. The van der Waals surface area contributed by atoms with Crippen molar-refractivity contribution in [2.75, 3.05) is 18.0 Å². The van der Waals surface area contributed by atoms with Gasteiger partial charge in [0.15, 0.2) is 0 Å². The van der Waals surface area contributed by atoms with Gasteiger partial charge in [0, 0.05) is 12.6 Å². The second-order valence-electron chi connectivity index (χ2n) is 10.0. The van der Waals surface area contributed by atoms with Gasteiger partial charge in [-0.05, 0) is 81.6 Å². The Balaban J connectivity index is 2.02. The van der Waals surface area contributed by atoms with E-state index in [2.05, 4.69) is 5.32 Å². The lowest BCUT2D eigenvalue weighted by Crippen LogP contribution is -2.52. The molecule has 3 rings (SSSR count). The molecule has 0 saturated heterocycles.